The molecular weight excluding hydrogens is 332 g/mol. The molecule has 2 aromatic rings. The van der Waals surface area contributed by atoms with Crippen LogP contribution in [-0.4, -0.2) is 28.1 Å². The number of carbonyl (C=O) groups excluding carboxylic acids is 1. The first-order chi connectivity index (χ1) is 11.0. The molecule has 0 atom stereocenters. The molecule has 1 aliphatic rings. The molecule has 0 bridgehead atoms. The molecule has 2 aromatic carbocycles. The molecule has 116 valence electrons. The number of benzene rings is 2. The van der Waals surface area contributed by atoms with E-state index in [1.807, 2.05) is 30.3 Å². The van der Waals surface area contributed by atoms with E-state index in [0.29, 0.717) is 20.7 Å². The first kappa shape index (κ1) is 15.6. The standard InChI is InChI=1S/C17H13ClN2O2S/c1-20-16(22)15(10-11-9-12(18)7-8-14(11)21)23-17(20)19-13-5-3-2-4-6-13/h2-10,21H,1H3. The zero-order chi connectivity index (χ0) is 16.4. The fourth-order valence-corrected chi connectivity index (χ4v) is 3.21. The molecule has 0 spiro atoms. The second-order valence-electron chi connectivity index (χ2n) is 4.91. The van der Waals surface area contributed by atoms with E-state index in [9.17, 15) is 9.90 Å². The number of hydrogen-bond donors (Lipinski definition) is 1. The predicted octanol–water partition coefficient (Wildman–Crippen LogP) is 4.28. The van der Waals surface area contributed by atoms with E-state index in [1.165, 1.54) is 22.7 Å². The number of halogens is 1. The van der Waals surface area contributed by atoms with Gasteiger partial charge < -0.3 is 5.11 Å². The zero-order valence-electron chi connectivity index (χ0n) is 12.2. The number of phenols is 1. The van der Waals surface area contributed by atoms with Crippen molar-refractivity contribution in [3.63, 3.8) is 0 Å². The summed E-state index contributed by atoms with van der Waals surface area (Å²) in [6.07, 6.45) is 1.62. The highest BCUT2D eigenvalue weighted by Crippen LogP contribution is 2.35. The highest BCUT2D eigenvalue weighted by Gasteiger charge is 2.30. The van der Waals surface area contributed by atoms with Gasteiger partial charge >= 0.3 is 0 Å². The Morgan fingerprint density at radius 1 is 1.22 bits per heavy atom. The van der Waals surface area contributed by atoms with Gasteiger partial charge in [-0.25, -0.2) is 4.99 Å². The van der Waals surface area contributed by atoms with Crippen LogP contribution in [0.2, 0.25) is 5.02 Å². The van der Waals surface area contributed by atoms with Crippen LogP contribution in [0.4, 0.5) is 5.69 Å². The number of para-hydroxylation sites is 1. The van der Waals surface area contributed by atoms with E-state index < -0.39 is 0 Å². The lowest BCUT2D eigenvalue weighted by Gasteiger charge is -2.06. The maximum Gasteiger partial charge on any atom is 0.266 e. The average molecular weight is 345 g/mol. The summed E-state index contributed by atoms with van der Waals surface area (Å²) < 4.78 is 0. The summed E-state index contributed by atoms with van der Waals surface area (Å²) in [6.45, 7) is 0. The molecule has 23 heavy (non-hydrogen) atoms. The van der Waals surface area contributed by atoms with E-state index in [4.69, 9.17) is 11.6 Å². The van der Waals surface area contributed by atoms with E-state index in [-0.39, 0.29) is 11.7 Å². The lowest BCUT2D eigenvalue weighted by atomic mass is 10.2. The minimum atomic E-state index is -0.163. The average Bonchev–Trinajstić information content (AvgIpc) is 2.80. The normalized spacial score (nSPS) is 18.2. The molecule has 0 aromatic heterocycles. The smallest absolute Gasteiger partial charge is 0.266 e. The van der Waals surface area contributed by atoms with Crippen LogP contribution in [-0.2, 0) is 4.79 Å². The van der Waals surface area contributed by atoms with Crippen LogP contribution >= 0.6 is 23.4 Å². The summed E-state index contributed by atoms with van der Waals surface area (Å²) in [7, 11) is 1.68. The Hall–Kier alpha value is -2.24. The first-order valence-corrected chi connectivity index (χ1v) is 8.04. The van der Waals surface area contributed by atoms with E-state index in [1.54, 1.807) is 25.3 Å². The first-order valence-electron chi connectivity index (χ1n) is 6.84. The molecule has 6 heteroatoms. The minimum absolute atomic E-state index is 0.0754. The van der Waals surface area contributed by atoms with Gasteiger partial charge in [0.05, 0.1) is 10.6 Å². The molecule has 4 nitrogen and oxygen atoms in total. The van der Waals surface area contributed by atoms with Crippen molar-refractivity contribution >= 4 is 46.2 Å². The van der Waals surface area contributed by atoms with Crippen molar-refractivity contribution in [1.29, 1.82) is 0 Å². The van der Waals surface area contributed by atoms with Crippen LogP contribution in [0.5, 0.6) is 5.75 Å². The maximum absolute atomic E-state index is 12.3. The molecule has 0 aliphatic carbocycles. The van der Waals surface area contributed by atoms with Gasteiger partial charge in [-0.1, -0.05) is 29.8 Å². The van der Waals surface area contributed by atoms with Gasteiger partial charge in [-0.05, 0) is 48.2 Å². The summed E-state index contributed by atoms with van der Waals surface area (Å²) in [5.74, 6) is -0.0875. The minimum Gasteiger partial charge on any atom is -0.507 e. The summed E-state index contributed by atoms with van der Waals surface area (Å²) in [5, 5.41) is 11.0. The van der Waals surface area contributed by atoms with Gasteiger partial charge in [-0.3, -0.25) is 9.69 Å². The van der Waals surface area contributed by atoms with Crippen molar-refractivity contribution in [1.82, 2.24) is 4.90 Å². The summed E-state index contributed by atoms with van der Waals surface area (Å²) in [5.41, 5.74) is 1.28. The van der Waals surface area contributed by atoms with Crippen LogP contribution in [0.1, 0.15) is 5.56 Å². The third-order valence-electron chi connectivity index (χ3n) is 3.26. The summed E-state index contributed by atoms with van der Waals surface area (Å²) >= 11 is 7.20. The number of aliphatic imine (C=N–C) groups is 1. The monoisotopic (exact) mass is 344 g/mol. The molecule has 0 radical (unpaired) electrons. The topological polar surface area (TPSA) is 52.9 Å². The lowest BCUT2D eigenvalue weighted by Crippen LogP contribution is -2.23. The number of rotatable bonds is 2. The molecule has 1 aliphatic heterocycles. The SMILES string of the molecule is CN1C(=O)C(=Cc2cc(Cl)ccc2O)SC1=Nc1ccccc1. The molecule has 0 unspecified atom stereocenters. The van der Waals surface area contributed by atoms with Gasteiger partial charge in [0.1, 0.15) is 5.75 Å². The Morgan fingerprint density at radius 3 is 2.70 bits per heavy atom. The molecule has 1 saturated heterocycles. The largest absolute Gasteiger partial charge is 0.507 e. The number of amidine groups is 1. The van der Waals surface area contributed by atoms with Crippen molar-refractivity contribution in [2.75, 3.05) is 7.05 Å². The number of phenolic OH excluding ortho intramolecular Hbond substituents is 1. The molecule has 0 saturated carbocycles. The third-order valence-corrected chi connectivity index (χ3v) is 4.56. The fraction of sp³-hybridized carbons (Fsp3) is 0.0588. The second kappa shape index (κ2) is 6.48. The molecule has 1 heterocycles. The molecule has 1 fully saturated rings. The predicted molar refractivity (Wildman–Crippen MR) is 95.0 cm³/mol. The van der Waals surface area contributed by atoms with Gasteiger partial charge in [0.15, 0.2) is 5.17 Å². The van der Waals surface area contributed by atoms with Crippen molar-refractivity contribution in [3.8, 4) is 5.75 Å². The Labute approximate surface area is 143 Å². The highest BCUT2D eigenvalue weighted by atomic mass is 35.5. The van der Waals surface area contributed by atoms with Crippen molar-refractivity contribution in [2.24, 2.45) is 4.99 Å². The van der Waals surface area contributed by atoms with Crippen LogP contribution in [0, 0.1) is 0 Å². The number of thioether (sulfide) groups is 1. The van der Waals surface area contributed by atoms with Crippen LogP contribution in [0.25, 0.3) is 6.08 Å². The Kier molecular flexibility index (Phi) is 4.41. The van der Waals surface area contributed by atoms with Gasteiger partial charge in [0.2, 0.25) is 0 Å². The third kappa shape index (κ3) is 3.41. The van der Waals surface area contributed by atoms with Gasteiger partial charge in [0.25, 0.3) is 5.91 Å². The second-order valence-corrected chi connectivity index (χ2v) is 6.35. The van der Waals surface area contributed by atoms with Crippen LogP contribution < -0.4 is 0 Å². The Balaban J connectivity index is 1.94. The number of amides is 1. The summed E-state index contributed by atoms with van der Waals surface area (Å²) in [4.78, 5) is 18.8. The van der Waals surface area contributed by atoms with E-state index in [2.05, 4.69) is 4.99 Å². The number of nitrogens with zero attached hydrogens (tertiary/aromatic N) is 2. The highest BCUT2D eigenvalue weighted by molar-refractivity contribution is 8.18. The number of hydrogen-bond acceptors (Lipinski definition) is 4. The van der Waals surface area contributed by atoms with Crippen molar-refractivity contribution in [2.45, 2.75) is 0 Å². The molecular formula is C17H13ClN2O2S. The number of likely N-dealkylation sites (N-methyl/N-ethyl adjacent to an activating group) is 1. The van der Waals surface area contributed by atoms with Crippen LogP contribution in [0.3, 0.4) is 0 Å². The van der Waals surface area contributed by atoms with Crippen molar-refractivity contribution < 1.29 is 9.90 Å². The lowest BCUT2D eigenvalue weighted by molar-refractivity contribution is -0.121. The van der Waals surface area contributed by atoms with Crippen molar-refractivity contribution in [3.05, 3.63) is 64.0 Å². The summed E-state index contributed by atoms with van der Waals surface area (Å²) in [6, 6.07) is 14.1. The van der Waals surface area contributed by atoms with Gasteiger partial charge in [-0.15, -0.1) is 0 Å². The van der Waals surface area contributed by atoms with Crippen LogP contribution in [0.15, 0.2) is 58.4 Å². The number of carbonyl (C=O) groups is 1. The molecule has 3 rings (SSSR count). The van der Waals surface area contributed by atoms with Gasteiger partial charge in [0, 0.05) is 17.6 Å². The maximum atomic E-state index is 12.3. The quantitative estimate of drug-likeness (QED) is 0.827. The molecule has 1 amide bonds. The Bertz CT molecular complexity index is 819. The zero-order valence-corrected chi connectivity index (χ0v) is 13.8. The Morgan fingerprint density at radius 2 is 1.96 bits per heavy atom. The fourth-order valence-electron chi connectivity index (χ4n) is 2.05. The van der Waals surface area contributed by atoms with E-state index in [0.717, 1.165) is 5.69 Å². The van der Waals surface area contributed by atoms with E-state index >= 15 is 0 Å². The van der Waals surface area contributed by atoms with Gasteiger partial charge in [-0.2, -0.15) is 0 Å². The molecule has 1 N–H and O–H groups in total. The number of aromatic hydroxyl groups is 1.